The van der Waals surface area contributed by atoms with Crippen molar-refractivity contribution in [3.05, 3.63) is 0 Å². The number of carbonyl (C=O) groups is 1. The molecule has 0 heterocycles. The molecule has 2 aliphatic carbocycles. The molecule has 0 aromatic carbocycles. The van der Waals surface area contributed by atoms with Crippen molar-refractivity contribution in [3.8, 4) is 0 Å². The Kier molecular flexibility index (Phi) is 3.53. The second kappa shape index (κ2) is 4.46. The van der Waals surface area contributed by atoms with Gasteiger partial charge < -0.3 is 4.74 Å². The van der Waals surface area contributed by atoms with E-state index in [1.165, 1.54) is 25.7 Å². The van der Waals surface area contributed by atoms with Crippen molar-refractivity contribution in [1.29, 1.82) is 0 Å². The normalized spacial score (nSPS) is 46.8. The van der Waals surface area contributed by atoms with Gasteiger partial charge in [-0.1, -0.05) is 20.3 Å². The van der Waals surface area contributed by atoms with Crippen LogP contribution < -0.4 is 0 Å². The highest BCUT2D eigenvalue weighted by atomic mass is 127. The molecule has 5 atom stereocenters. The van der Waals surface area contributed by atoms with Gasteiger partial charge in [-0.2, -0.15) is 0 Å². The second-order valence-electron chi connectivity index (χ2n) is 5.76. The summed E-state index contributed by atoms with van der Waals surface area (Å²) in [6.07, 6.45) is 5.03. The van der Waals surface area contributed by atoms with Gasteiger partial charge in [0.25, 0.3) is 0 Å². The van der Waals surface area contributed by atoms with Gasteiger partial charge >= 0.3 is 3.98 Å². The van der Waals surface area contributed by atoms with Crippen LogP contribution in [-0.2, 0) is 4.74 Å². The first-order chi connectivity index (χ1) is 7.47. The van der Waals surface area contributed by atoms with Gasteiger partial charge in [0, 0.05) is 0 Å². The Morgan fingerprint density at radius 3 is 2.69 bits per heavy atom. The van der Waals surface area contributed by atoms with E-state index in [1.807, 2.05) is 0 Å². The molecule has 0 aromatic heterocycles. The van der Waals surface area contributed by atoms with Gasteiger partial charge in [0.15, 0.2) is 0 Å². The standard InChI is InChI=1S/C13H21IO2/c1-4-9-6-11-7-10(9)5-8(2)13(11,3)16-12(14)15/h8-11H,4-7H2,1-3H3. The predicted octanol–water partition coefficient (Wildman–Crippen LogP) is 4.41. The number of hydrogen-bond donors (Lipinski definition) is 0. The van der Waals surface area contributed by atoms with Gasteiger partial charge in [0.2, 0.25) is 0 Å². The lowest BCUT2D eigenvalue weighted by atomic mass is 9.70. The average molecular weight is 336 g/mol. The highest BCUT2D eigenvalue weighted by Gasteiger charge is 2.53. The van der Waals surface area contributed by atoms with Gasteiger partial charge in [-0.3, -0.25) is 0 Å². The minimum atomic E-state index is -0.210. The Bertz CT molecular complexity index is 292. The zero-order valence-electron chi connectivity index (χ0n) is 10.3. The molecule has 2 nitrogen and oxygen atoms in total. The third-order valence-electron chi connectivity index (χ3n) is 5.11. The number of hydrogen-bond acceptors (Lipinski definition) is 2. The maximum absolute atomic E-state index is 11.3. The summed E-state index contributed by atoms with van der Waals surface area (Å²) in [6, 6.07) is 0. The summed E-state index contributed by atoms with van der Waals surface area (Å²) in [5, 5.41) is 0. The fraction of sp³-hybridized carbons (Fsp3) is 0.923. The molecule has 2 rings (SSSR count). The van der Waals surface area contributed by atoms with Gasteiger partial charge in [0.1, 0.15) is 5.60 Å². The van der Waals surface area contributed by atoms with Gasteiger partial charge in [-0.15, -0.1) is 0 Å². The SMILES string of the molecule is CCC1CC2CC1CC(C)C2(C)OC(=O)I. The number of halogens is 1. The molecule has 0 spiro atoms. The summed E-state index contributed by atoms with van der Waals surface area (Å²) >= 11 is 1.76. The van der Waals surface area contributed by atoms with Crippen LogP contribution in [0.1, 0.15) is 46.5 Å². The average Bonchev–Trinajstić information content (AvgIpc) is 2.55. The lowest BCUT2D eigenvalue weighted by Gasteiger charge is -2.43. The third-order valence-corrected chi connectivity index (χ3v) is 5.33. The molecule has 3 heteroatoms. The zero-order valence-corrected chi connectivity index (χ0v) is 12.5. The molecule has 0 saturated heterocycles. The summed E-state index contributed by atoms with van der Waals surface area (Å²) in [7, 11) is 0. The maximum Gasteiger partial charge on any atom is 0.367 e. The van der Waals surface area contributed by atoms with Crippen LogP contribution in [0, 0.1) is 23.7 Å². The van der Waals surface area contributed by atoms with Crippen LogP contribution in [0.15, 0.2) is 0 Å². The van der Waals surface area contributed by atoms with Gasteiger partial charge in [0.05, 0.1) is 22.6 Å². The van der Waals surface area contributed by atoms with E-state index in [2.05, 4.69) is 20.8 Å². The monoisotopic (exact) mass is 336 g/mol. The number of rotatable bonds is 2. The van der Waals surface area contributed by atoms with Crippen LogP contribution in [-0.4, -0.2) is 9.58 Å². The topological polar surface area (TPSA) is 26.3 Å². The van der Waals surface area contributed by atoms with Crippen LogP contribution in [0.4, 0.5) is 4.79 Å². The van der Waals surface area contributed by atoms with Crippen molar-refractivity contribution in [2.24, 2.45) is 23.7 Å². The Balaban J connectivity index is 2.18. The van der Waals surface area contributed by atoms with Crippen molar-refractivity contribution in [3.63, 3.8) is 0 Å². The number of ether oxygens (including phenoxy) is 1. The van der Waals surface area contributed by atoms with E-state index in [-0.39, 0.29) is 9.58 Å². The first kappa shape index (κ1) is 12.7. The zero-order chi connectivity index (χ0) is 11.9. The van der Waals surface area contributed by atoms with Crippen molar-refractivity contribution in [2.75, 3.05) is 0 Å². The van der Waals surface area contributed by atoms with Gasteiger partial charge in [-0.05, 0) is 49.9 Å². The van der Waals surface area contributed by atoms with Crippen LogP contribution in [0.5, 0.6) is 0 Å². The van der Waals surface area contributed by atoms with E-state index in [9.17, 15) is 4.79 Å². The lowest BCUT2D eigenvalue weighted by molar-refractivity contribution is -0.0662. The Morgan fingerprint density at radius 2 is 2.12 bits per heavy atom. The van der Waals surface area contributed by atoms with Crippen molar-refractivity contribution in [1.82, 2.24) is 0 Å². The molecule has 2 bridgehead atoms. The van der Waals surface area contributed by atoms with Crippen molar-refractivity contribution >= 4 is 26.6 Å². The summed E-state index contributed by atoms with van der Waals surface area (Å²) in [5.41, 5.74) is -0.210. The fourth-order valence-electron chi connectivity index (χ4n) is 3.92. The van der Waals surface area contributed by atoms with Gasteiger partial charge in [-0.25, -0.2) is 4.79 Å². The van der Waals surface area contributed by atoms with Crippen molar-refractivity contribution < 1.29 is 9.53 Å². The first-order valence-electron chi connectivity index (χ1n) is 6.35. The fourth-order valence-corrected chi connectivity index (χ4v) is 4.39. The van der Waals surface area contributed by atoms with Crippen LogP contribution in [0.2, 0.25) is 0 Å². The largest absolute Gasteiger partial charge is 0.451 e. The third kappa shape index (κ3) is 2.00. The van der Waals surface area contributed by atoms with Crippen LogP contribution in [0.25, 0.3) is 0 Å². The molecule has 16 heavy (non-hydrogen) atoms. The minimum absolute atomic E-state index is 0.148. The molecule has 0 aromatic rings. The molecule has 2 aliphatic rings. The molecule has 2 saturated carbocycles. The molecule has 92 valence electrons. The summed E-state index contributed by atoms with van der Waals surface area (Å²) in [6.45, 7) is 6.68. The predicted molar refractivity (Wildman–Crippen MR) is 72.7 cm³/mol. The lowest BCUT2D eigenvalue weighted by Crippen LogP contribution is -2.46. The van der Waals surface area contributed by atoms with E-state index in [0.29, 0.717) is 11.8 Å². The van der Waals surface area contributed by atoms with E-state index < -0.39 is 0 Å². The Labute approximate surface area is 112 Å². The molecule has 2 fully saturated rings. The summed E-state index contributed by atoms with van der Waals surface area (Å²) < 4.78 is 5.51. The Morgan fingerprint density at radius 1 is 1.44 bits per heavy atom. The summed E-state index contributed by atoms with van der Waals surface area (Å²) in [4.78, 5) is 11.3. The second-order valence-corrected chi connectivity index (χ2v) is 6.64. The minimum Gasteiger partial charge on any atom is -0.451 e. The highest BCUT2D eigenvalue weighted by molar-refractivity contribution is 14.1. The number of carbonyl (C=O) groups excluding carboxylic acids is 1. The maximum atomic E-state index is 11.3. The molecule has 0 N–H and O–H groups in total. The van der Waals surface area contributed by atoms with E-state index >= 15 is 0 Å². The molecular weight excluding hydrogens is 315 g/mol. The quantitative estimate of drug-likeness (QED) is 0.552. The molecule has 0 aliphatic heterocycles. The molecule has 0 radical (unpaired) electrons. The van der Waals surface area contributed by atoms with Crippen molar-refractivity contribution in [2.45, 2.75) is 52.1 Å². The van der Waals surface area contributed by atoms with Crippen LogP contribution >= 0.6 is 22.6 Å². The molecule has 5 unspecified atom stereocenters. The Hall–Kier alpha value is 0.200. The summed E-state index contributed by atoms with van der Waals surface area (Å²) in [5.74, 6) is 2.84. The number of fused-ring (bicyclic) bond motifs is 2. The van der Waals surface area contributed by atoms with E-state index in [4.69, 9.17) is 4.74 Å². The highest BCUT2D eigenvalue weighted by Crippen LogP contribution is 2.55. The van der Waals surface area contributed by atoms with E-state index in [1.54, 1.807) is 22.6 Å². The van der Waals surface area contributed by atoms with E-state index in [0.717, 1.165) is 11.8 Å². The first-order valence-corrected chi connectivity index (χ1v) is 7.43. The molecule has 0 amide bonds. The smallest absolute Gasteiger partial charge is 0.367 e. The molecular formula is C13H21IO2. The van der Waals surface area contributed by atoms with Crippen LogP contribution in [0.3, 0.4) is 0 Å².